The minimum absolute atomic E-state index is 0.0413. The minimum Gasteiger partial charge on any atom is -0.394 e. The molecule has 0 aliphatic rings. The van der Waals surface area contributed by atoms with E-state index >= 15 is 0 Å². The fourth-order valence-corrected chi connectivity index (χ4v) is 1.12. The van der Waals surface area contributed by atoms with Gasteiger partial charge in [0.05, 0.1) is 92.5 Å². The first-order valence-electron chi connectivity index (χ1n) is 7.65. The molecule has 0 atom stereocenters. The van der Waals surface area contributed by atoms with Gasteiger partial charge in [-0.05, 0) is 0 Å². The van der Waals surface area contributed by atoms with Crippen molar-refractivity contribution in [3.8, 4) is 0 Å². The van der Waals surface area contributed by atoms with E-state index in [4.69, 9.17) is 44.1 Å². The zero-order valence-corrected chi connectivity index (χ0v) is 13.7. The van der Waals surface area contributed by atoms with Crippen molar-refractivity contribution in [2.75, 3.05) is 92.5 Å². The predicted octanol–water partition coefficient (Wildman–Crippen LogP) is -1.97. The van der Waals surface area contributed by atoms with E-state index in [1.165, 1.54) is 0 Å². The van der Waals surface area contributed by atoms with Gasteiger partial charge in [0.15, 0.2) is 0 Å². The third kappa shape index (κ3) is 30.1. The Kier molecular flexibility index (Phi) is 28.7. The van der Waals surface area contributed by atoms with Gasteiger partial charge in [0, 0.05) is 0 Å². The van der Waals surface area contributed by atoms with Gasteiger partial charge in [0.1, 0.15) is 0 Å². The molecule has 0 radical (unpaired) electrons. The van der Waals surface area contributed by atoms with Gasteiger partial charge in [-0.3, -0.25) is 0 Å². The third-order valence-corrected chi connectivity index (χ3v) is 2.06. The van der Waals surface area contributed by atoms with Gasteiger partial charge < -0.3 is 44.1 Å². The number of hydrogen-bond donors (Lipinski definition) is 4. The van der Waals surface area contributed by atoms with E-state index in [1.807, 2.05) is 0 Å². The summed E-state index contributed by atoms with van der Waals surface area (Å²) < 4.78 is 24.8. The first kappa shape index (κ1) is 24.9. The Bertz CT molecular complexity index is 166. The number of aliphatic hydroxyl groups excluding tert-OH is 4. The maximum Gasteiger partial charge on any atom is 0.0701 e. The van der Waals surface area contributed by atoms with Crippen molar-refractivity contribution in [3.63, 3.8) is 0 Å². The van der Waals surface area contributed by atoms with E-state index in [1.54, 1.807) is 0 Å². The SMILES string of the molecule is OCCOCCOCCO.OCCOCCOCCOCCO. The third-order valence-electron chi connectivity index (χ3n) is 2.06. The molecule has 0 saturated heterocycles. The maximum atomic E-state index is 8.36. The van der Waals surface area contributed by atoms with Gasteiger partial charge in [-0.25, -0.2) is 0 Å². The molecule has 0 aromatic carbocycles. The zero-order valence-electron chi connectivity index (χ0n) is 13.7. The van der Waals surface area contributed by atoms with Gasteiger partial charge in [0.2, 0.25) is 0 Å². The summed E-state index contributed by atoms with van der Waals surface area (Å²) in [5.41, 5.74) is 0. The molecule has 142 valence electrons. The molecule has 0 bridgehead atoms. The number of hydrogen-bond acceptors (Lipinski definition) is 9. The van der Waals surface area contributed by atoms with E-state index in [0.717, 1.165) is 0 Å². The lowest BCUT2D eigenvalue weighted by Gasteiger charge is -2.04. The molecule has 9 nitrogen and oxygen atoms in total. The smallest absolute Gasteiger partial charge is 0.0701 e. The number of aliphatic hydroxyl groups is 4. The standard InChI is InChI=1S/C8H18O5.C6H14O4/c9-1-3-11-5-7-13-8-6-12-4-2-10;7-1-3-9-5-6-10-4-2-8/h9-10H,1-8H2;7-8H,1-6H2. The number of rotatable bonds is 17. The molecular formula is C14H32O9. The molecule has 0 spiro atoms. The van der Waals surface area contributed by atoms with Crippen LogP contribution >= 0.6 is 0 Å². The van der Waals surface area contributed by atoms with Crippen LogP contribution in [0.25, 0.3) is 0 Å². The van der Waals surface area contributed by atoms with Crippen LogP contribution < -0.4 is 0 Å². The Hall–Kier alpha value is -0.360. The summed E-state index contributed by atoms with van der Waals surface area (Å²) in [6, 6.07) is 0. The topological polar surface area (TPSA) is 127 Å². The Balaban J connectivity index is 0. The second-order valence-corrected chi connectivity index (χ2v) is 3.96. The number of ether oxygens (including phenoxy) is 5. The Morgan fingerprint density at radius 1 is 0.304 bits per heavy atom. The Labute approximate surface area is 137 Å². The zero-order chi connectivity index (χ0) is 17.4. The van der Waals surface area contributed by atoms with Crippen molar-refractivity contribution in [1.82, 2.24) is 0 Å². The van der Waals surface area contributed by atoms with Gasteiger partial charge in [0.25, 0.3) is 0 Å². The van der Waals surface area contributed by atoms with Crippen LogP contribution in [-0.2, 0) is 23.7 Å². The molecule has 0 rings (SSSR count). The van der Waals surface area contributed by atoms with Crippen LogP contribution in [0.15, 0.2) is 0 Å². The molecule has 23 heavy (non-hydrogen) atoms. The van der Waals surface area contributed by atoms with Gasteiger partial charge in [-0.15, -0.1) is 0 Å². The van der Waals surface area contributed by atoms with Crippen LogP contribution in [0.4, 0.5) is 0 Å². The van der Waals surface area contributed by atoms with E-state index in [9.17, 15) is 0 Å². The first-order chi connectivity index (χ1) is 11.3. The van der Waals surface area contributed by atoms with E-state index < -0.39 is 0 Å². The van der Waals surface area contributed by atoms with Crippen LogP contribution in [0.2, 0.25) is 0 Å². The van der Waals surface area contributed by atoms with Gasteiger partial charge in [-0.1, -0.05) is 0 Å². The lowest BCUT2D eigenvalue weighted by molar-refractivity contribution is 0.00230. The van der Waals surface area contributed by atoms with Crippen LogP contribution in [0.3, 0.4) is 0 Å². The molecular weight excluding hydrogens is 312 g/mol. The quantitative estimate of drug-likeness (QED) is 0.222. The predicted molar refractivity (Wildman–Crippen MR) is 82.4 cm³/mol. The fraction of sp³-hybridized carbons (Fsp3) is 1.00. The molecule has 0 aliphatic carbocycles. The Morgan fingerprint density at radius 2 is 0.478 bits per heavy atom. The highest BCUT2D eigenvalue weighted by Crippen LogP contribution is 1.80. The minimum atomic E-state index is 0.0413. The molecule has 0 aliphatic heterocycles. The molecule has 0 saturated carbocycles. The van der Waals surface area contributed by atoms with Crippen molar-refractivity contribution in [2.45, 2.75) is 0 Å². The molecule has 0 heterocycles. The van der Waals surface area contributed by atoms with Crippen LogP contribution in [0.1, 0.15) is 0 Å². The van der Waals surface area contributed by atoms with Crippen molar-refractivity contribution < 1.29 is 44.1 Å². The van der Waals surface area contributed by atoms with Gasteiger partial charge >= 0.3 is 0 Å². The maximum absolute atomic E-state index is 8.36. The second kappa shape index (κ2) is 26.5. The summed E-state index contributed by atoms with van der Waals surface area (Å²) >= 11 is 0. The molecule has 0 amide bonds. The molecule has 0 aromatic heterocycles. The van der Waals surface area contributed by atoms with E-state index in [-0.39, 0.29) is 26.4 Å². The Morgan fingerprint density at radius 3 is 0.652 bits per heavy atom. The van der Waals surface area contributed by atoms with Crippen LogP contribution in [0, 0.1) is 0 Å². The summed E-state index contributed by atoms with van der Waals surface area (Å²) in [5.74, 6) is 0. The monoisotopic (exact) mass is 344 g/mol. The van der Waals surface area contributed by atoms with Crippen molar-refractivity contribution in [1.29, 1.82) is 0 Å². The summed E-state index contributed by atoms with van der Waals surface area (Å²) in [6.45, 7) is 4.49. The van der Waals surface area contributed by atoms with Crippen molar-refractivity contribution >= 4 is 0 Å². The normalized spacial score (nSPS) is 10.4. The van der Waals surface area contributed by atoms with Crippen LogP contribution in [0.5, 0.6) is 0 Å². The molecule has 0 aromatic rings. The first-order valence-corrected chi connectivity index (χ1v) is 7.65. The second-order valence-electron chi connectivity index (χ2n) is 3.96. The highest BCUT2D eigenvalue weighted by molar-refractivity contribution is 4.33. The average Bonchev–Trinajstić information content (AvgIpc) is 2.57. The van der Waals surface area contributed by atoms with Crippen molar-refractivity contribution in [2.24, 2.45) is 0 Å². The highest BCUT2D eigenvalue weighted by Gasteiger charge is 1.90. The lowest BCUT2D eigenvalue weighted by atomic mass is 10.7. The summed E-state index contributed by atoms with van der Waals surface area (Å²) in [7, 11) is 0. The van der Waals surface area contributed by atoms with E-state index in [0.29, 0.717) is 66.1 Å². The van der Waals surface area contributed by atoms with Gasteiger partial charge in [-0.2, -0.15) is 0 Å². The average molecular weight is 344 g/mol. The lowest BCUT2D eigenvalue weighted by Crippen LogP contribution is -2.11. The summed E-state index contributed by atoms with van der Waals surface area (Å²) in [4.78, 5) is 0. The fourth-order valence-electron chi connectivity index (χ4n) is 1.12. The molecule has 4 N–H and O–H groups in total. The largest absolute Gasteiger partial charge is 0.394 e. The summed E-state index contributed by atoms with van der Waals surface area (Å²) in [5, 5.41) is 33.2. The van der Waals surface area contributed by atoms with Crippen LogP contribution in [-0.4, -0.2) is 113 Å². The molecule has 9 heteroatoms. The summed E-state index contributed by atoms with van der Waals surface area (Å²) in [6.07, 6.45) is 0. The molecule has 0 fully saturated rings. The molecule has 0 unspecified atom stereocenters. The van der Waals surface area contributed by atoms with Crippen molar-refractivity contribution in [3.05, 3.63) is 0 Å². The van der Waals surface area contributed by atoms with E-state index in [2.05, 4.69) is 0 Å². The highest BCUT2D eigenvalue weighted by atomic mass is 16.5.